The summed E-state index contributed by atoms with van der Waals surface area (Å²) in [6, 6.07) is 5.47. The maximum Gasteiger partial charge on any atom is 0.359 e. The molecule has 2 aromatic rings. The van der Waals surface area contributed by atoms with E-state index in [1.54, 1.807) is 20.1 Å². The number of halogens is 1. The highest BCUT2D eigenvalue weighted by Gasteiger charge is 2.21. The van der Waals surface area contributed by atoms with Gasteiger partial charge in [-0.2, -0.15) is 0 Å². The third-order valence-electron chi connectivity index (χ3n) is 3.61. The lowest BCUT2D eigenvalue weighted by molar-refractivity contribution is 0.0521. The summed E-state index contributed by atoms with van der Waals surface area (Å²) in [4.78, 5) is 16.1. The first-order chi connectivity index (χ1) is 10.9. The van der Waals surface area contributed by atoms with Crippen LogP contribution >= 0.6 is 11.6 Å². The molecular weight excluding hydrogens is 316 g/mol. The monoisotopic (exact) mass is 334 g/mol. The fourth-order valence-corrected chi connectivity index (χ4v) is 2.74. The van der Waals surface area contributed by atoms with E-state index >= 15 is 0 Å². The van der Waals surface area contributed by atoms with Crippen molar-refractivity contribution < 1.29 is 14.3 Å². The minimum Gasteiger partial charge on any atom is -0.496 e. The molecule has 1 aromatic carbocycles. The average molecular weight is 335 g/mol. The van der Waals surface area contributed by atoms with Crippen LogP contribution in [0.1, 0.15) is 28.5 Å². The largest absolute Gasteiger partial charge is 0.496 e. The molecule has 0 unspecified atom stereocenters. The molecular formula is C17H19ClN2O3. The Balaban J connectivity index is 2.72. The van der Waals surface area contributed by atoms with Crippen LogP contribution in [0.5, 0.6) is 5.75 Å². The number of nitrogen functional groups attached to an aromatic ring is 1. The molecule has 0 fully saturated rings. The summed E-state index contributed by atoms with van der Waals surface area (Å²) in [5.41, 5.74) is 9.87. The summed E-state index contributed by atoms with van der Waals surface area (Å²) in [6.45, 7) is 5.84. The van der Waals surface area contributed by atoms with Gasteiger partial charge in [-0.05, 0) is 49.6 Å². The Morgan fingerprint density at radius 1 is 1.35 bits per heavy atom. The van der Waals surface area contributed by atoms with Gasteiger partial charge in [-0.1, -0.05) is 17.7 Å². The van der Waals surface area contributed by atoms with Crippen LogP contribution in [0.3, 0.4) is 0 Å². The molecule has 0 atom stereocenters. The van der Waals surface area contributed by atoms with Crippen LogP contribution in [0.2, 0.25) is 5.15 Å². The highest BCUT2D eigenvalue weighted by atomic mass is 35.5. The molecule has 1 aromatic heterocycles. The van der Waals surface area contributed by atoms with Crippen LogP contribution in [0, 0.1) is 13.8 Å². The van der Waals surface area contributed by atoms with Gasteiger partial charge in [0.1, 0.15) is 10.9 Å². The van der Waals surface area contributed by atoms with E-state index in [1.807, 2.05) is 26.0 Å². The van der Waals surface area contributed by atoms with E-state index < -0.39 is 5.97 Å². The molecule has 0 radical (unpaired) electrons. The zero-order chi connectivity index (χ0) is 17.1. The van der Waals surface area contributed by atoms with Gasteiger partial charge in [0, 0.05) is 5.56 Å². The van der Waals surface area contributed by atoms with Gasteiger partial charge in [0.15, 0.2) is 5.69 Å². The second-order valence-electron chi connectivity index (χ2n) is 5.06. The summed E-state index contributed by atoms with van der Waals surface area (Å²) < 4.78 is 10.4. The van der Waals surface area contributed by atoms with Crippen LogP contribution in [-0.4, -0.2) is 24.7 Å². The van der Waals surface area contributed by atoms with Gasteiger partial charge in [0.05, 0.1) is 19.4 Å². The number of pyridine rings is 1. The van der Waals surface area contributed by atoms with Crippen molar-refractivity contribution in [2.24, 2.45) is 0 Å². The topological polar surface area (TPSA) is 74.4 Å². The molecule has 0 amide bonds. The number of nitrogens with two attached hydrogens (primary N) is 1. The molecule has 0 aliphatic rings. The number of methoxy groups -OCH3 is 1. The number of carbonyl (C=O) groups is 1. The molecule has 23 heavy (non-hydrogen) atoms. The highest BCUT2D eigenvalue weighted by Crippen LogP contribution is 2.38. The fraction of sp³-hybridized carbons (Fsp3) is 0.294. The number of anilines is 1. The molecule has 0 saturated carbocycles. The quantitative estimate of drug-likeness (QED) is 0.680. The standard InChI is InChI=1S/C17H19ClN2O3/c1-5-23-17(21)16-15(19)11(8-13(18)20-16)14-9(2)6-7-12(22-4)10(14)3/h6-8H,5,19H2,1-4H3. The first kappa shape index (κ1) is 17.1. The van der Waals surface area contributed by atoms with E-state index in [2.05, 4.69) is 4.98 Å². The van der Waals surface area contributed by atoms with E-state index in [1.165, 1.54) is 0 Å². The van der Waals surface area contributed by atoms with E-state index in [0.717, 1.165) is 22.4 Å². The normalized spacial score (nSPS) is 10.5. The third-order valence-corrected chi connectivity index (χ3v) is 3.80. The van der Waals surface area contributed by atoms with Gasteiger partial charge in [0.2, 0.25) is 0 Å². The van der Waals surface area contributed by atoms with E-state index in [-0.39, 0.29) is 23.1 Å². The number of ether oxygens (including phenoxy) is 2. The molecule has 0 saturated heterocycles. The lowest BCUT2D eigenvalue weighted by atomic mass is 9.94. The predicted molar refractivity (Wildman–Crippen MR) is 91.1 cm³/mol. The van der Waals surface area contributed by atoms with Crippen molar-refractivity contribution in [1.82, 2.24) is 4.98 Å². The molecule has 2 rings (SSSR count). The molecule has 0 aliphatic heterocycles. The number of hydrogen-bond acceptors (Lipinski definition) is 5. The maximum absolute atomic E-state index is 12.0. The smallest absolute Gasteiger partial charge is 0.359 e. The Kier molecular flexibility index (Phi) is 5.11. The average Bonchev–Trinajstić information content (AvgIpc) is 2.50. The first-order valence-corrected chi connectivity index (χ1v) is 7.56. The maximum atomic E-state index is 12.0. The highest BCUT2D eigenvalue weighted by molar-refractivity contribution is 6.30. The van der Waals surface area contributed by atoms with Crippen LogP contribution in [0.25, 0.3) is 11.1 Å². The number of aryl methyl sites for hydroxylation is 1. The molecule has 2 N–H and O–H groups in total. The molecule has 0 bridgehead atoms. The van der Waals surface area contributed by atoms with Crippen LogP contribution in [0.15, 0.2) is 18.2 Å². The van der Waals surface area contributed by atoms with Gasteiger partial charge in [-0.25, -0.2) is 9.78 Å². The minimum atomic E-state index is -0.591. The Bertz CT molecular complexity index is 760. The molecule has 1 heterocycles. The van der Waals surface area contributed by atoms with Gasteiger partial charge in [-0.15, -0.1) is 0 Å². The van der Waals surface area contributed by atoms with Crippen molar-refractivity contribution in [3.63, 3.8) is 0 Å². The number of rotatable bonds is 4. The number of benzene rings is 1. The summed E-state index contributed by atoms with van der Waals surface area (Å²) >= 11 is 6.09. The second-order valence-corrected chi connectivity index (χ2v) is 5.45. The van der Waals surface area contributed by atoms with Crippen molar-refractivity contribution in [2.45, 2.75) is 20.8 Å². The van der Waals surface area contributed by atoms with Gasteiger partial charge in [-0.3, -0.25) is 0 Å². The van der Waals surface area contributed by atoms with Gasteiger partial charge < -0.3 is 15.2 Å². The van der Waals surface area contributed by atoms with E-state index in [0.29, 0.717) is 5.56 Å². The van der Waals surface area contributed by atoms with Crippen molar-refractivity contribution in [3.05, 3.63) is 40.2 Å². The number of carbonyl (C=O) groups excluding carboxylic acids is 1. The van der Waals surface area contributed by atoms with Crippen molar-refractivity contribution >= 4 is 23.3 Å². The molecule has 5 nitrogen and oxygen atoms in total. The predicted octanol–water partition coefficient (Wildman–Crippen LogP) is 3.79. The summed E-state index contributed by atoms with van der Waals surface area (Å²) in [5, 5.41) is 0.180. The van der Waals surface area contributed by atoms with Crippen molar-refractivity contribution in [3.8, 4) is 16.9 Å². The zero-order valence-corrected chi connectivity index (χ0v) is 14.3. The minimum absolute atomic E-state index is 0.0240. The van der Waals surface area contributed by atoms with E-state index in [9.17, 15) is 4.79 Å². The second kappa shape index (κ2) is 6.87. The first-order valence-electron chi connectivity index (χ1n) is 7.18. The number of hydrogen-bond donors (Lipinski definition) is 1. The summed E-state index contributed by atoms with van der Waals surface area (Å²) in [6.07, 6.45) is 0. The molecule has 122 valence electrons. The molecule has 6 heteroatoms. The Labute approximate surface area is 140 Å². The molecule has 0 spiro atoms. The van der Waals surface area contributed by atoms with Gasteiger partial charge in [0.25, 0.3) is 0 Å². The molecule has 0 aliphatic carbocycles. The number of esters is 1. The van der Waals surface area contributed by atoms with Gasteiger partial charge >= 0.3 is 5.97 Å². The Morgan fingerprint density at radius 2 is 2.04 bits per heavy atom. The van der Waals surface area contributed by atoms with Crippen LogP contribution in [0.4, 0.5) is 5.69 Å². The van der Waals surface area contributed by atoms with Crippen LogP contribution in [-0.2, 0) is 4.74 Å². The third kappa shape index (κ3) is 3.24. The fourth-order valence-electron chi connectivity index (χ4n) is 2.55. The summed E-state index contributed by atoms with van der Waals surface area (Å²) in [5.74, 6) is 0.141. The van der Waals surface area contributed by atoms with Crippen molar-refractivity contribution in [1.29, 1.82) is 0 Å². The van der Waals surface area contributed by atoms with Crippen LogP contribution < -0.4 is 10.5 Å². The van der Waals surface area contributed by atoms with E-state index in [4.69, 9.17) is 26.8 Å². The lowest BCUT2D eigenvalue weighted by Gasteiger charge is -2.17. The Hall–Kier alpha value is -2.27. The SMILES string of the molecule is CCOC(=O)c1nc(Cl)cc(-c2c(C)ccc(OC)c2C)c1N. The Morgan fingerprint density at radius 3 is 2.65 bits per heavy atom. The number of aromatic nitrogens is 1. The zero-order valence-electron chi connectivity index (χ0n) is 13.6. The lowest BCUT2D eigenvalue weighted by Crippen LogP contribution is -2.12. The van der Waals surface area contributed by atoms with Crippen molar-refractivity contribution in [2.75, 3.05) is 19.5 Å². The summed E-state index contributed by atoms with van der Waals surface area (Å²) in [7, 11) is 1.61. The number of nitrogens with zero attached hydrogens (tertiary/aromatic N) is 1.